The van der Waals surface area contributed by atoms with E-state index in [1.165, 1.54) is 0 Å². The SMILES string of the molecule is O=C(NCCc1ccc(Cl)cc1Cl)C1CNNC1c1ccccc1. The smallest absolute Gasteiger partial charge is 0.226 e. The van der Waals surface area contributed by atoms with Crippen molar-refractivity contribution >= 4 is 29.1 Å². The Labute approximate surface area is 151 Å². The zero-order chi connectivity index (χ0) is 16.9. The molecule has 1 saturated heterocycles. The second-order valence-electron chi connectivity index (χ2n) is 5.80. The zero-order valence-electron chi connectivity index (χ0n) is 13.1. The van der Waals surface area contributed by atoms with E-state index < -0.39 is 0 Å². The molecule has 6 heteroatoms. The summed E-state index contributed by atoms with van der Waals surface area (Å²) in [5.41, 5.74) is 8.34. The van der Waals surface area contributed by atoms with Gasteiger partial charge in [-0.1, -0.05) is 59.6 Å². The van der Waals surface area contributed by atoms with Crippen LogP contribution in [0.1, 0.15) is 17.2 Å². The van der Waals surface area contributed by atoms with Crippen molar-refractivity contribution in [3.63, 3.8) is 0 Å². The zero-order valence-corrected chi connectivity index (χ0v) is 14.6. The molecular weight excluding hydrogens is 345 g/mol. The number of hydrazine groups is 1. The van der Waals surface area contributed by atoms with Crippen molar-refractivity contribution in [2.75, 3.05) is 13.1 Å². The predicted octanol–water partition coefficient (Wildman–Crippen LogP) is 3.12. The molecule has 4 nitrogen and oxygen atoms in total. The van der Waals surface area contributed by atoms with Crippen molar-refractivity contribution in [2.45, 2.75) is 12.5 Å². The lowest BCUT2D eigenvalue weighted by Crippen LogP contribution is -2.36. The van der Waals surface area contributed by atoms with Crippen LogP contribution in [0.3, 0.4) is 0 Å². The summed E-state index contributed by atoms with van der Waals surface area (Å²) in [4.78, 5) is 12.5. The average molecular weight is 364 g/mol. The fourth-order valence-corrected chi connectivity index (χ4v) is 3.40. The lowest BCUT2D eigenvalue weighted by atomic mass is 9.94. The minimum atomic E-state index is -0.145. The van der Waals surface area contributed by atoms with Crippen molar-refractivity contribution in [1.82, 2.24) is 16.2 Å². The first-order chi connectivity index (χ1) is 11.6. The topological polar surface area (TPSA) is 53.2 Å². The van der Waals surface area contributed by atoms with Crippen molar-refractivity contribution < 1.29 is 4.79 Å². The van der Waals surface area contributed by atoms with Gasteiger partial charge in [-0.05, 0) is 29.7 Å². The van der Waals surface area contributed by atoms with Gasteiger partial charge in [0.15, 0.2) is 0 Å². The number of benzene rings is 2. The van der Waals surface area contributed by atoms with Gasteiger partial charge in [-0.25, -0.2) is 5.43 Å². The van der Waals surface area contributed by atoms with E-state index >= 15 is 0 Å². The number of halogens is 2. The monoisotopic (exact) mass is 363 g/mol. The average Bonchev–Trinajstić information content (AvgIpc) is 3.07. The van der Waals surface area contributed by atoms with Crippen molar-refractivity contribution in [2.24, 2.45) is 5.92 Å². The molecule has 0 aliphatic carbocycles. The molecule has 24 heavy (non-hydrogen) atoms. The molecule has 2 aromatic carbocycles. The maximum absolute atomic E-state index is 12.5. The minimum Gasteiger partial charge on any atom is -0.355 e. The van der Waals surface area contributed by atoms with Gasteiger partial charge >= 0.3 is 0 Å². The Balaban J connectivity index is 1.56. The summed E-state index contributed by atoms with van der Waals surface area (Å²) < 4.78 is 0. The van der Waals surface area contributed by atoms with Crippen LogP contribution in [0, 0.1) is 5.92 Å². The fourth-order valence-electron chi connectivity index (χ4n) is 2.89. The molecule has 0 aromatic heterocycles. The maximum atomic E-state index is 12.5. The van der Waals surface area contributed by atoms with Gasteiger partial charge in [0.1, 0.15) is 0 Å². The van der Waals surface area contributed by atoms with Gasteiger partial charge in [-0.15, -0.1) is 0 Å². The fraction of sp³-hybridized carbons (Fsp3) is 0.278. The lowest BCUT2D eigenvalue weighted by molar-refractivity contribution is -0.124. The molecule has 2 aromatic rings. The normalized spacial score (nSPS) is 20.1. The predicted molar refractivity (Wildman–Crippen MR) is 97.0 cm³/mol. The molecule has 1 aliphatic heterocycles. The van der Waals surface area contributed by atoms with E-state index in [1.807, 2.05) is 36.4 Å². The van der Waals surface area contributed by atoms with Gasteiger partial charge < -0.3 is 5.32 Å². The first kappa shape index (κ1) is 17.2. The third-order valence-corrected chi connectivity index (χ3v) is 4.77. The summed E-state index contributed by atoms with van der Waals surface area (Å²) in [7, 11) is 0. The van der Waals surface area contributed by atoms with Crippen LogP contribution in [0.2, 0.25) is 10.0 Å². The molecule has 0 saturated carbocycles. The lowest BCUT2D eigenvalue weighted by Gasteiger charge is -2.18. The van der Waals surface area contributed by atoms with Crippen LogP contribution in [-0.4, -0.2) is 19.0 Å². The number of hydrogen-bond donors (Lipinski definition) is 3. The molecule has 2 atom stereocenters. The number of rotatable bonds is 5. The number of hydrogen-bond acceptors (Lipinski definition) is 3. The molecule has 1 amide bonds. The molecule has 3 N–H and O–H groups in total. The minimum absolute atomic E-state index is 0.0229. The summed E-state index contributed by atoms with van der Waals surface area (Å²) in [5.74, 6) is -0.112. The summed E-state index contributed by atoms with van der Waals surface area (Å²) in [6, 6.07) is 15.4. The Morgan fingerprint density at radius 3 is 2.71 bits per heavy atom. The van der Waals surface area contributed by atoms with E-state index in [9.17, 15) is 4.79 Å². The van der Waals surface area contributed by atoms with Crippen LogP contribution >= 0.6 is 23.2 Å². The highest BCUT2D eigenvalue weighted by Gasteiger charge is 2.33. The highest BCUT2D eigenvalue weighted by molar-refractivity contribution is 6.35. The van der Waals surface area contributed by atoms with Gasteiger partial charge in [0.2, 0.25) is 5.91 Å². The van der Waals surface area contributed by atoms with E-state index in [0.717, 1.165) is 11.1 Å². The number of carbonyl (C=O) groups is 1. The Morgan fingerprint density at radius 1 is 1.17 bits per heavy atom. The van der Waals surface area contributed by atoms with Crippen molar-refractivity contribution in [1.29, 1.82) is 0 Å². The number of carbonyl (C=O) groups excluding carboxylic acids is 1. The van der Waals surface area contributed by atoms with Crippen molar-refractivity contribution in [3.8, 4) is 0 Å². The second-order valence-corrected chi connectivity index (χ2v) is 6.64. The molecule has 126 valence electrons. The molecular formula is C18H19Cl2N3O. The molecule has 1 heterocycles. The third-order valence-electron chi connectivity index (χ3n) is 4.19. The molecule has 0 spiro atoms. The van der Waals surface area contributed by atoms with Gasteiger partial charge in [-0.3, -0.25) is 10.2 Å². The molecule has 0 bridgehead atoms. The number of nitrogens with one attached hydrogen (secondary N) is 3. The summed E-state index contributed by atoms with van der Waals surface area (Å²) in [6.07, 6.45) is 0.672. The molecule has 2 unspecified atom stereocenters. The Hall–Kier alpha value is -1.59. The Morgan fingerprint density at radius 2 is 1.96 bits per heavy atom. The van der Waals surface area contributed by atoms with Crippen LogP contribution in [0.4, 0.5) is 0 Å². The van der Waals surface area contributed by atoms with Crippen LogP contribution in [-0.2, 0) is 11.2 Å². The van der Waals surface area contributed by atoms with Crippen LogP contribution < -0.4 is 16.2 Å². The molecule has 1 fully saturated rings. The quantitative estimate of drug-likeness (QED) is 0.764. The molecule has 0 radical (unpaired) electrons. The highest BCUT2D eigenvalue weighted by atomic mass is 35.5. The molecule has 3 rings (SSSR count). The maximum Gasteiger partial charge on any atom is 0.226 e. The first-order valence-corrected chi connectivity index (χ1v) is 8.66. The first-order valence-electron chi connectivity index (χ1n) is 7.90. The summed E-state index contributed by atoms with van der Waals surface area (Å²) >= 11 is 12.1. The summed E-state index contributed by atoms with van der Waals surface area (Å²) in [5, 5.41) is 4.24. The van der Waals surface area contributed by atoms with Crippen LogP contribution in [0.15, 0.2) is 48.5 Å². The highest BCUT2D eigenvalue weighted by Crippen LogP contribution is 2.25. The van der Waals surface area contributed by atoms with E-state index in [1.54, 1.807) is 12.1 Å². The van der Waals surface area contributed by atoms with Gasteiger partial charge in [0, 0.05) is 23.1 Å². The summed E-state index contributed by atoms with van der Waals surface area (Å²) in [6.45, 7) is 1.14. The van der Waals surface area contributed by atoms with Crippen LogP contribution in [0.5, 0.6) is 0 Å². The van der Waals surface area contributed by atoms with Crippen LogP contribution in [0.25, 0.3) is 0 Å². The van der Waals surface area contributed by atoms with E-state index in [-0.39, 0.29) is 17.9 Å². The second kappa shape index (κ2) is 7.99. The molecule has 1 aliphatic rings. The standard InChI is InChI=1S/C18H19Cl2N3O/c19-14-7-6-12(16(20)10-14)8-9-21-18(24)15-11-22-23-17(15)13-4-2-1-3-5-13/h1-7,10,15,17,22-23H,8-9,11H2,(H,21,24). The largest absolute Gasteiger partial charge is 0.355 e. The van der Waals surface area contributed by atoms with Crippen molar-refractivity contribution in [3.05, 3.63) is 69.7 Å². The van der Waals surface area contributed by atoms with E-state index in [4.69, 9.17) is 23.2 Å². The Bertz CT molecular complexity index is 709. The van der Waals surface area contributed by atoms with Gasteiger partial charge in [0.05, 0.1) is 12.0 Å². The van der Waals surface area contributed by atoms with Gasteiger partial charge in [-0.2, -0.15) is 0 Å². The Kier molecular flexibility index (Phi) is 5.74. The third kappa shape index (κ3) is 4.08. The van der Waals surface area contributed by atoms with E-state index in [0.29, 0.717) is 29.6 Å². The number of amides is 1. The van der Waals surface area contributed by atoms with E-state index in [2.05, 4.69) is 16.2 Å². The van der Waals surface area contributed by atoms with Gasteiger partial charge in [0.25, 0.3) is 0 Å².